The lowest BCUT2D eigenvalue weighted by Gasteiger charge is -2.27. The largest absolute Gasteiger partial charge is 0.495 e. The lowest BCUT2D eigenvalue weighted by atomic mass is 10.0. The molecule has 4 aromatic rings. The summed E-state index contributed by atoms with van der Waals surface area (Å²) in [6.45, 7) is 6.05. The number of thiophene rings is 1. The first-order valence-electron chi connectivity index (χ1n) is 11.0. The summed E-state index contributed by atoms with van der Waals surface area (Å²) in [6.07, 6.45) is 0. The molecule has 2 aromatic carbocycles. The third kappa shape index (κ3) is 3.86. The second kappa shape index (κ2) is 8.79. The number of fused-ring (bicyclic) bond motifs is 1. The molecule has 2 aromatic heterocycles. The standard InChI is InChI=1S/C26H25N5O2S/c1-15-11-12-18(14-16(15)2)24-29-26-27-17(3)22(23(31(26)30-24)21-10-7-13-34-21)25(32)28-19-8-5-6-9-20(19)33-4/h5-14,23H,1-4H3,(H,28,32)(H,27,29,30). The topological polar surface area (TPSA) is 81.1 Å². The van der Waals surface area contributed by atoms with Gasteiger partial charge in [0.05, 0.1) is 18.4 Å². The van der Waals surface area contributed by atoms with Crippen LogP contribution in [0.1, 0.15) is 29.0 Å². The van der Waals surface area contributed by atoms with Gasteiger partial charge in [0.1, 0.15) is 11.8 Å². The number of nitrogens with one attached hydrogen (secondary N) is 2. The predicted octanol–water partition coefficient (Wildman–Crippen LogP) is 5.56. The monoisotopic (exact) mass is 471 g/mol. The van der Waals surface area contributed by atoms with Crippen LogP contribution in [0, 0.1) is 13.8 Å². The number of benzene rings is 2. The highest BCUT2D eigenvalue weighted by molar-refractivity contribution is 7.10. The predicted molar refractivity (Wildman–Crippen MR) is 135 cm³/mol. The summed E-state index contributed by atoms with van der Waals surface area (Å²) in [5.41, 5.74) is 5.26. The van der Waals surface area contributed by atoms with E-state index >= 15 is 0 Å². The number of methoxy groups -OCH3 is 1. The number of hydrogen-bond donors (Lipinski definition) is 2. The highest BCUT2D eigenvalue weighted by Gasteiger charge is 2.35. The number of allylic oxidation sites excluding steroid dienone is 1. The van der Waals surface area contributed by atoms with Crippen LogP contribution in [0.5, 0.6) is 5.75 Å². The maximum Gasteiger partial charge on any atom is 0.256 e. The Bertz CT molecular complexity index is 1400. The molecule has 0 saturated carbocycles. The Labute approximate surface area is 202 Å². The fraction of sp³-hybridized carbons (Fsp3) is 0.192. The minimum Gasteiger partial charge on any atom is -0.495 e. The van der Waals surface area contributed by atoms with Crippen molar-refractivity contribution in [2.24, 2.45) is 0 Å². The molecule has 1 aliphatic heterocycles. The Morgan fingerprint density at radius 1 is 1.09 bits per heavy atom. The molecule has 0 radical (unpaired) electrons. The van der Waals surface area contributed by atoms with E-state index in [0.717, 1.165) is 16.1 Å². The summed E-state index contributed by atoms with van der Waals surface area (Å²) in [6, 6.07) is 17.2. The fourth-order valence-electron chi connectivity index (χ4n) is 4.10. The molecule has 5 rings (SSSR count). The highest BCUT2D eigenvalue weighted by atomic mass is 32.1. The summed E-state index contributed by atoms with van der Waals surface area (Å²) < 4.78 is 7.22. The Morgan fingerprint density at radius 3 is 2.65 bits per heavy atom. The number of rotatable bonds is 5. The van der Waals surface area contributed by atoms with Crippen molar-refractivity contribution < 1.29 is 9.53 Å². The minimum atomic E-state index is -0.404. The highest BCUT2D eigenvalue weighted by Crippen LogP contribution is 2.39. The number of amides is 1. The molecule has 0 saturated heterocycles. The Balaban J connectivity index is 1.57. The van der Waals surface area contributed by atoms with E-state index in [1.165, 1.54) is 11.1 Å². The van der Waals surface area contributed by atoms with Crippen LogP contribution in [-0.4, -0.2) is 27.8 Å². The molecule has 8 heteroatoms. The molecule has 0 spiro atoms. The van der Waals surface area contributed by atoms with Crippen LogP contribution in [0.25, 0.3) is 11.4 Å². The van der Waals surface area contributed by atoms with E-state index in [1.54, 1.807) is 23.1 Å². The maximum absolute atomic E-state index is 13.6. The number of ether oxygens (including phenoxy) is 1. The lowest BCUT2D eigenvalue weighted by Crippen LogP contribution is -2.31. The normalized spacial score (nSPS) is 15.0. The number of carbonyl (C=O) groups excluding carboxylic acids is 1. The summed E-state index contributed by atoms with van der Waals surface area (Å²) >= 11 is 1.58. The van der Waals surface area contributed by atoms with Gasteiger partial charge in [0.2, 0.25) is 5.95 Å². The van der Waals surface area contributed by atoms with Crippen LogP contribution < -0.4 is 15.4 Å². The van der Waals surface area contributed by atoms with Gasteiger partial charge in [0.25, 0.3) is 5.91 Å². The molecular formula is C26H25N5O2S. The molecule has 0 bridgehead atoms. The van der Waals surface area contributed by atoms with Crippen molar-refractivity contribution in [3.05, 3.63) is 87.3 Å². The summed E-state index contributed by atoms with van der Waals surface area (Å²) in [4.78, 5) is 19.4. The van der Waals surface area contributed by atoms with Crippen molar-refractivity contribution in [2.75, 3.05) is 17.7 Å². The number of carbonyl (C=O) groups is 1. The van der Waals surface area contributed by atoms with Crippen molar-refractivity contribution in [1.82, 2.24) is 14.8 Å². The van der Waals surface area contributed by atoms with E-state index in [1.807, 2.05) is 54.8 Å². The zero-order valence-corrected chi connectivity index (χ0v) is 20.2. The summed E-state index contributed by atoms with van der Waals surface area (Å²) in [5, 5.41) is 13.2. The number of aromatic nitrogens is 3. The van der Waals surface area contributed by atoms with Crippen molar-refractivity contribution in [1.29, 1.82) is 0 Å². The zero-order valence-electron chi connectivity index (χ0n) is 19.4. The second-order valence-electron chi connectivity index (χ2n) is 8.24. The van der Waals surface area contributed by atoms with Crippen molar-refractivity contribution >= 4 is 28.9 Å². The lowest BCUT2D eigenvalue weighted by molar-refractivity contribution is -0.113. The molecular weight excluding hydrogens is 446 g/mol. The molecule has 172 valence electrons. The number of anilines is 2. The van der Waals surface area contributed by atoms with Crippen molar-refractivity contribution in [2.45, 2.75) is 26.8 Å². The molecule has 3 heterocycles. The van der Waals surface area contributed by atoms with Crippen molar-refractivity contribution in [3.8, 4) is 17.1 Å². The summed E-state index contributed by atoms with van der Waals surface area (Å²) in [5.74, 6) is 1.61. The molecule has 1 unspecified atom stereocenters. The first-order chi connectivity index (χ1) is 16.5. The fourth-order valence-corrected chi connectivity index (χ4v) is 4.91. The molecule has 1 atom stereocenters. The van der Waals surface area contributed by atoms with Crippen molar-refractivity contribution in [3.63, 3.8) is 0 Å². The first-order valence-corrected chi connectivity index (χ1v) is 11.8. The van der Waals surface area contributed by atoms with Crippen LogP contribution in [0.4, 0.5) is 11.6 Å². The van der Waals surface area contributed by atoms with Gasteiger partial charge in [-0.3, -0.25) is 4.79 Å². The molecule has 0 fully saturated rings. The SMILES string of the molecule is COc1ccccc1NC(=O)C1=C(C)Nc2nc(-c3ccc(C)c(C)c3)nn2C1c1cccs1. The van der Waals surface area contributed by atoms with Gasteiger partial charge in [-0.1, -0.05) is 30.3 Å². The number of nitrogens with zero attached hydrogens (tertiary/aromatic N) is 3. The van der Waals surface area contributed by atoms with Gasteiger partial charge in [0, 0.05) is 16.1 Å². The smallest absolute Gasteiger partial charge is 0.256 e. The van der Waals surface area contributed by atoms with Crippen LogP contribution in [0.15, 0.2) is 71.2 Å². The van der Waals surface area contributed by atoms with Crippen LogP contribution >= 0.6 is 11.3 Å². The van der Waals surface area contributed by atoms with Crippen LogP contribution in [-0.2, 0) is 4.79 Å². The first kappa shape index (κ1) is 21.9. The van der Waals surface area contributed by atoms with Gasteiger partial charge in [-0.2, -0.15) is 4.98 Å². The van der Waals surface area contributed by atoms with E-state index in [2.05, 4.69) is 36.6 Å². The van der Waals surface area contributed by atoms with Gasteiger partial charge in [0.15, 0.2) is 5.82 Å². The summed E-state index contributed by atoms with van der Waals surface area (Å²) in [7, 11) is 1.59. The molecule has 34 heavy (non-hydrogen) atoms. The number of para-hydroxylation sites is 2. The Morgan fingerprint density at radius 2 is 1.91 bits per heavy atom. The molecule has 0 aliphatic carbocycles. The minimum absolute atomic E-state index is 0.221. The van der Waals surface area contributed by atoms with Gasteiger partial charge >= 0.3 is 0 Å². The Kier molecular flexibility index (Phi) is 5.67. The van der Waals surface area contributed by atoms with Crippen LogP contribution in [0.2, 0.25) is 0 Å². The third-order valence-electron chi connectivity index (χ3n) is 6.03. The maximum atomic E-state index is 13.6. The number of aryl methyl sites for hydroxylation is 2. The average Bonchev–Trinajstić information content (AvgIpc) is 3.50. The molecule has 1 amide bonds. The number of hydrogen-bond acceptors (Lipinski definition) is 6. The molecule has 7 nitrogen and oxygen atoms in total. The third-order valence-corrected chi connectivity index (χ3v) is 6.95. The molecule has 1 aliphatic rings. The van der Waals surface area contributed by atoms with Crippen LogP contribution in [0.3, 0.4) is 0 Å². The molecule has 2 N–H and O–H groups in total. The van der Waals surface area contributed by atoms with E-state index in [0.29, 0.717) is 28.8 Å². The van der Waals surface area contributed by atoms with E-state index in [-0.39, 0.29) is 5.91 Å². The zero-order chi connectivity index (χ0) is 23.8. The quantitative estimate of drug-likeness (QED) is 0.398. The van der Waals surface area contributed by atoms with Gasteiger partial charge < -0.3 is 15.4 Å². The van der Waals surface area contributed by atoms with Gasteiger partial charge in [-0.05, 0) is 61.5 Å². The van der Waals surface area contributed by atoms with E-state index in [4.69, 9.17) is 14.8 Å². The van der Waals surface area contributed by atoms with E-state index in [9.17, 15) is 4.79 Å². The van der Waals surface area contributed by atoms with Gasteiger partial charge in [-0.25, -0.2) is 4.68 Å². The average molecular weight is 472 g/mol. The Hall–Kier alpha value is -3.91. The van der Waals surface area contributed by atoms with E-state index < -0.39 is 6.04 Å². The van der Waals surface area contributed by atoms with Gasteiger partial charge in [-0.15, -0.1) is 16.4 Å². The second-order valence-corrected chi connectivity index (χ2v) is 9.22.